The summed E-state index contributed by atoms with van der Waals surface area (Å²) in [5, 5.41) is 12.1. The minimum atomic E-state index is -0.581. The van der Waals surface area contributed by atoms with Gasteiger partial charge in [0.1, 0.15) is 0 Å². The van der Waals surface area contributed by atoms with Gasteiger partial charge in [-0.25, -0.2) is 0 Å². The molecule has 112 valence electrons. The zero-order valence-electron chi connectivity index (χ0n) is 11.7. The highest BCUT2D eigenvalue weighted by Crippen LogP contribution is 2.55. The molecule has 3 rings (SSSR count). The summed E-state index contributed by atoms with van der Waals surface area (Å²) in [6.45, 7) is 0.619. The molecule has 4 heteroatoms. The first kappa shape index (κ1) is 16.1. The van der Waals surface area contributed by atoms with Gasteiger partial charge in [-0.1, -0.05) is 36.6 Å². The number of hydrogen-bond donors (Lipinski definition) is 2. The zero-order valence-corrected chi connectivity index (χ0v) is 13.3. The van der Waals surface area contributed by atoms with E-state index in [1.54, 1.807) is 0 Å². The average Bonchev–Trinajstić information content (AvgIpc) is 2.40. The highest BCUT2D eigenvalue weighted by Gasteiger charge is 2.54. The summed E-state index contributed by atoms with van der Waals surface area (Å²) in [6.07, 6.45) is 6.80. The molecule has 0 amide bonds. The largest absolute Gasteiger partial charge is 0.389 e. The molecule has 0 radical (unpaired) electrons. The smallest absolute Gasteiger partial charge is 0.0747 e. The summed E-state index contributed by atoms with van der Waals surface area (Å²) in [6, 6.07) is 6.13. The first-order chi connectivity index (χ1) is 9.13. The second-order valence-corrected chi connectivity index (χ2v) is 6.53. The SMILES string of the molecule is Cl.NCC[C@@]12CCCC[C@]1(O)CCc1c(Cl)cccc12. The van der Waals surface area contributed by atoms with E-state index in [9.17, 15) is 5.11 Å². The molecule has 0 aliphatic heterocycles. The van der Waals surface area contributed by atoms with Gasteiger partial charge in [-0.15, -0.1) is 12.4 Å². The van der Waals surface area contributed by atoms with Crippen LogP contribution in [0, 0.1) is 0 Å². The number of aliphatic hydroxyl groups is 1. The Labute approximate surface area is 132 Å². The van der Waals surface area contributed by atoms with Crippen LogP contribution in [0.5, 0.6) is 0 Å². The molecule has 3 N–H and O–H groups in total. The summed E-state index contributed by atoms with van der Waals surface area (Å²) in [4.78, 5) is 0. The third-order valence-electron chi connectivity index (χ3n) is 5.33. The van der Waals surface area contributed by atoms with Crippen LogP contribution in [0.25, 0.3) is 0 Å². The van der Waals surface area contributed by atoms with E-state index in [2.05, 4.69) is 6.07 Å². The van der Waals surface area contributed by atoms with E-state index < -0.39 is 5.60 Å². The molecule has 0 spiro atoms. The summed E-state index contributed by atoms with van der Waals surface area (Å²) in [7, 11) is 0. The van der Waals surface area contributed by atoms with Crippen molar-refractivity contribution in [1.29, 1.82) is 0 Å². The number of fused-ring (bicyclic) bond motifs is 3. The maximum Gasteiger partial charge on any atom is 0.0747 e. The van der Waals surface area contributed by atoms with Gasteiger partial charge < -0.3 is 10.8 Å². The molecule has 1 saturated carbocycles. The van der Waals surface area contributed by atoms with Gasteiger partial charge in [0.25, 0.3) is 0 Å². The molecule has 0 aromatic heterocycles. The van der Waals surface area contributed by atoms with Gasteiger partial charge in [-0.3, -0.25) is 0 Å². The third-order valence-corrected chi connectivity index (χ3v) is 5.68. The maximum atomic E-state index is 11.2. The Balaban J connectivity index is 0.00000147. The lowest BCUT2D eigenvalue weighted by Crippen LogP contribution is -2.57. The standard InChI is InChI=1S/C16H22ClNO.ClH/c17-14-5-3-4-13-12(14)6-9-16(19)8-2-1-7-15(13,16)10-11-18;/h3-5,19H,1-2,6-11,18H2;1H/t15-,16+;/m1./s1. The lowest BCUT2D eigenvalue weighted by molar-refractivity contribution is -0.0861. The second-order valence-electron chi connectivity index (χ2n) is 6.13. The van der Waals surface area contributed by atoms with E-state index >= 15 is 0 Å². The Morgan fingerprint density at radius 2 is 1.95 bits per heavy atom. The number of rotatable bonds is 2. The number of hydrogen-bond acceptors (Lipinski definition) is 2. The predicted molar refractivity (Wildman–Crippen MR) is 85.8 cm³/mol. The predicted octanol–water partition coefficient (Wildman–Crippen LogP) is 3.60. The maximum absolute atomic E-state index is 11.2. The Hall–Kier alpha value is -0.280. The summed E-state index contributed by atoms with van der Waals surface area (Å²) in [5.41, 5.74) is 7.62. The van der Waals surface area contributed by atoms with Crippen LogP contribution < -0.4 is 5.73 Å². The van der Waals surface area contributed by atoms with Crippen molar-refractivity contribution in [3.63, 3.8) is 0 Å². The van der Waals surface area contributed by atoms with E-state index in [0.29, 0.717) is 6.54 Å². The van der Waals surface area contributed by atoms with Gasteiger partial charge in [-0.2, -0.15) is 0 Å². The molecule has 1 fully saturated rings. The third kappa shape index (κ3) is 2.18. The van der Waals surface area contributed by atoms with Gasteiger partial charge in [0, 0.05) is 10.4 Å². The van der Waals surface area contributed by atoms with Crippen LogP contribution in [0.1, 0.15) is 49.7 Å². The molecule has 2 nitrogen and oxygen atoms in total. The van der Waals surface area contributed by atoms with Crippen LogP contribution in [0.3, 0.4) is 0 Å². The summed E-state index contributed by atoms with van der Waals surface area (Å²) < 4.78 is 0. The van der Waals surface area contributed by atoms with E-state index in [0.717, 1.165) is 43.5 Å². The molecule has 2 aliphatic rings. The van der Waals surface area contributed by atoms with Gasteiger partial charge in [0.15, 0.2) is 0 Å². The highest BCUT2D eigenvalue weighted by molar-refractivity contribution is 6.31. The summed E-state index contributed by atoms with van der Waals surface area (Å²) >= 11 is 6.37. The van der Waals surface area contributed by atoms with Gasteiger partial charge >= 0.3 is 0 Å². The van der Waals surface area contributed by atoms with Gasteiger partial charge in [-0.05, 0) is 55.8 Å². The molecule has 0 bridgehead atoms. The quantitative estimate of drug-likeness (QED) is 0.876. The Morgan fingerprint density at radius 3 is 2.70 bits per heavy atom. The zero-order chi connectivity index (χ0) is 13.5. The van der Waals surface area contributed by atoms with Crippen LogP contribution in [0.4, 0.5) is 0 Å². The lowest BCUT2D eigenvalue weighted by Gasteiger charge is -2.55. The van der Waals surface area contributed by atoms with Gasteiger partial charge in [0.2, 0.25) is 0 Å². The van der Waals surface area contributed by atoms with E-state index in [1.165, 1.54) is 17.5 Å². The Bertz CT molecular complexity index is 489. The molecule has 20 heavy (non-hydrogen) atoms. The van der Waals surface area contributed by atoms with Crippen molar-refractivity contribution in [3.8, 4) is 0 Å². The summed E-state index contributed by atoms with van der Waals surface area (Å²) in [5.74, 6) is 0. The van der Waals surface area contributed by atoms with Crippen molar-refractivity contribution >= 4 is 24.0 Å². The monoisotopic (exact) mass is 315 g/mol. The molecule has 0 unspecified atom stereocenters. The minimum absolute atomic E-state index is 0. The first-order valence-corrected chi connectivity index (χ1v) is 7.71. The first-order valence-electron chi connectivity index (χ1n) is 7.33. The van der Waals surface area contributed by atoms with Crippen molar-refractivity contribution in [2.45, 2.75) is 56.0 Å². The van der Waals surface area contributed by atoms with Crippen molar-refractivity contribution in [2.24, 2.45) is 5.73 Å². The average molecular weight is 316 g/mol. The Morgan fingerprint density at radius 1 is 1.20 bits per heavy atom. The Kier molecular flexibility index (Phi) is 4.70. The van der Waals surface area contributed by atoms with Crippen LogP contribution in [-0.4, -0.2) is 17.3 Å². The molecular formula is C16H23Cl2NO. The molecular weight excluding hydrogens is 293 g/mol. The fourth-order valence-corrected chi connectivity index (χ4v) is 4.67. The van der Waals surface area contributed by atoms with Gasteiger partial charge in [0.05, 0.1) is 5.60 Å². The van der Waals surface area contributed by atoms with Crippen molar-refractivity contribution < 1.29 is 5.11 Å². The normalized spacial score (nSPS) is 31.9. The van der Waals surface area contributed by atoms with E-state index in [1.807, 2.05) is 12.1 Å². The van der Waals surface area contributed by atoms with Crippen molar-refractivity contribution in [3.05, 3.63) is 34.3 Å². The van der Waals surface area contributed by atoms with Crippen molar-refractivity contribution in [2.75, 3.05) is 6.54 Å². The molecule has 1 aromatic rings. The number of halogens is 2. The molecule has 1 aromatic carbocycles. The fourth-order valence-electron chi connectivity index (χ4n) is 4.40. The molecule has 2 atom stereocenters. The molecule has 2 aliphatic carbocycles. The number of nitrogens with two attached hydrogens (primary N) is 1. The number of benzene rings is 1. The lowest BCUT2D eigenvalue weighted by atomic mass is 9.53. The van der Waals surface area contributed by atoms with E-state index in [-0.39, 0.29) is 17.8 Å². The van der Waals surface area contributed by atoms with Crippen LogP contribution in [-0.2, 0) is 11.8 Å². The molecule has 0 heterocycles. The fraction of sp³-hybridized carbons (Fsp3) is 0.625. The van der Waals surface area contributed by atoms with Crippen LogP contribution in [0.15, 0.2) is 18.2 Å². The minimum Gasteiger partial charge on any atom is -0.389 e. The second kappa shape index (κ2) is 5.84. The van der Waals surface area contributed by atoms with Crippen molar-refractivity contribution in [1.82, 2.24) is 0 Å². The van der Waals surface area contributed by atoms with Crippen LogP contribution in [0.2, 0.25) is 5.02 Å². The highest BCUT2D eigenvalue weighted by atomic mass is 35.5. The van der Waals surface area contributed by atoms with E-state index in [4.69, 9.17) is 17.3 Å². The molecule has 0 saturated heterocycles. The van der Waals surface area contributed by atoms with Crippen LogP contribution >= 0.6 is 24.0 Å². The topological polar surface area (TPSA) is 46.2 Å².